The van der Waals surface area contributed by atoms with Gasteiger partial charge in [0.25, 0.3) is 5.91 Å². The molecule has 3 N–H and O–H groups in total. The zero-order valence-electron chi connectivity index (χ0n) is 24.8. The summed E-state index contributed by atoms with van der Waals surface area (Å²) < 4.78 is 21.6. The van der Waals surface area contributed by atoms with E-state index >= 15 is 0 Å². The van der Waals surface area contributed by atoms with E-state index in [-0.39, 0.29) is 23.7 Å². The lowest BCUT2D eigenvalue weighted by Gasteiger charge is -2.19. The van der Waals surface area contributed by atoms with Gasteiger partial charge in [-0.05, 0) is 80.8 Å². The van der Waals surface area contributed by atoms with Crippen molar-refractivity contribution in [3.63, 3.8) is 0 Å². The molecule has 3 amide bonds. The van der Waals surface area contributed by atoms with Crippen LogP contribution in [0.25, 0.3) is 10.9 Å². The fraction of sp³-hybridized carbons (Fsp3) is 0.303. The number of nitrogens with one attached hydrogen (secondary N) is 3. The lowest BCUT2D eigenvalue weighted by atomic mass is 9.92. The highest BCUT2D eigenvalue weighted by molar-refractivity contribution is 6.07. The molecule has 0 radical (unpaired) electrons. The van der Waals surface area contributed by atoms with Gasteiger partial charge >= 0.3 is 6.09 Å². The Balaban J connectivity index is 1.60. The van der Waals surface area contributed by atoms with Gasteiger partial charge in [0.15, 0.2) is 0 Å². The predicted molar refractivity (Wildman–Crippen MR) is 164 cm³/mol. The minimum absolute atomic E-state index is 0.102. The van der Waals surface area contributed by atoms with Crippen LogP contribution in [0, 0.1) is 11.2 Å². The molecule has 0 unspecified atom stereocenters. The standard InChI is InChI=1S/C33H37FN4O4/c1-32(2,3)19-29(39)35-25-15-16-27-22(17-25)18-28(38(27)20-21-9-7-8-10-26(21)34)30(40)36-23-11-13-24(14-12-23)37-31(41)42-33(4,5)6/h7-18H,19-20H2,1-6H3,(H,35,39)(H,36,40)(H,37,41). The Hall–Kier alpha value is -4.66. The number of carbonyl (C=O) groups excluding carboxylic acids is 3. The molecule has 1 heterocycles. The highest BCUT2D eigenvalue weighted by Gasteiger charge is 2.20. The summed E-state index contributed by atoms with van der Waals surface area (Å²) in [5, 5.41) is 9.20. The lowest BCUT2D eigenvalue weighted by molar-refractivity contribution is -0.117. The van der Waals surface area contributed by atoms with E-state index in [0.717, 1.165) is 5.39 Å². The topological polar surface area (TPSA) is 101 Å². The maximum Gasteiger partial charge on any atom is 0.412 e. The van der Waals surface area contributed by atoms with Crippen molar-refractivity contribution in [2.75, 3.05) is 16.0 Å². The Morgan fingerprint density at radius 2 is 1.40 bits per heavy atom. The summed E-state index contributed by atoms with van der Waals surface area (Å²) in [5.74, 6) is -0.867. The Morgan fingerprint density at radius 3 is 2.02 bits per heavy atom. The van der Waals surface area contributed by atoms with E-state index in [1.54, 1.807) is 79.9 Å². The molecule has 1 aromatic heterocycles. The van der Waals surface area contributed by atoms with E-state index in [1.807, 2.05) is 32.9 Å². The zero-order valence-corrected chi connectivity index (χ0v) is 24.8. The highest BCUT2D eigenvalue weighted by atomic mass is 19.1. The van der Waals surface area contributed by atoms with Gasteiger partial charge < -0.3 is 19.9 Å². The van der Waals surface area contributed by atoms with Crippen LogP contribution >= 0.6 is 0 Å². The SMILES string of the molecule is CC(C)(C)CC(=O)Nc1ccc2c(c1)cc(C(=O)Nc1ccc(NC(=O)OC(C)(C)C)cc1)n2Cc1ccccc1F. The van der Waals surface area contributed by atoms with E-state index in [1.165, 1.54) is 6.07 Å². The molecule has 220 valence electrons. The van der Waals surface area contributed by atoms with Gasteiger partial charge in [-0.15, -0.1) is 0 Å². The van der Waals surface area contributed by atoms with Crippen LogP contribution in [0.1, 0.15) is 64.0 Å². The van der Waals surface area contributed by atoms with E-state index in [2.05, 4.69) is 16.0 Å². The van der Waals surface area contributed by atoms with Crippen LogP contribution in [-0.2, 0) is 16.1 Å². The Bertz CT molecular complexity index is 1610. The third-order valence-corrected chi connectivity index (χ3v) is 6.18. The van der Waals surface area contributed by atoms with Crippen molar-refractivity contribution in [1.82, 2.24) is 4.57 Å². The Labute approximate surface area is 245 Å². The first-order valence-corrected chi connectivity index (χ1v) is 13.7. The van der Waals surface area contributed by atoms with Crippen LogP contribution in [-0.4, -0.2) is 28.1 Å². The number of halogens is 1. The number of carbonyl (C=O) groups is 3. The van der Waals surface area contributed by atoms with Crippen molar-refractivity contribution < 1.29 is 23.5 Å². The molecule has 4 aromatic rings. The molecule has 0 spiro atoms. The second kappa shape index (κ2) is 12.1. The number of amides is 3. The summed E-state index contributed by atoms with van der Waals surface area (Å²) >= 11 is 0. The molecule has 4 rings (SSSR count). The molecule has 42 heavy (non-hydrogen) atoms. The molecule has 0 aliphatic rings. The summed E-state index contributed by atoms with van der Waals surface area (Å²) in [4.78, 5) is 38.1. The summed E-state index contributed by atoms with van der Waals surface area (Å²) in [6, 6.07) is 20.2. The zero-order chi connectivity index (χ0) is 30.7. The summed E-state index contributed by atoms with van der Waals surface area (Å²) in [5.41, 5.74) is 2.31. The van der Waals surface area contributed by atoms with Crippen molar-refractivity contribution in [3.8, 4) is 0 Å². The molecule has 0 saturated carbocycles. The van der Waals surface area contributed by atoms with Gasteiger partial charge in [-0.25, -0.2) is 9.18 Å². The number of nitrogens with zero attached hydrogens (tertiary/aromatic N) is 1. The first-order valence-electron chi connectivity index (χ1n) is 13.7. The van der Waals surface area contributed by atoms with Crippen LogP contribution in [0.15, 0.2) is 72.8 Å². The lowest BCUT2D eigenvalue weighted by Crippen LogP contribution is -2.27. The molecule has 0 atom stereocenters. The Morgan fingerprint density at radius 1 is 0.786 bits per heavy atom. The highest BCUT2D eigenvalue weighted by Crippen LogP contribution is 2.27. The molecular formula is C33H37FN4O4. The maximum absolute atomic E-state index is 14.6. The van der Waals surface area contributed by atoms with Gasteiger partial charge in [0.05, 0.1) is 6.54 Å². The van der Waals surface area contributed by atoms with Crippen molar-refractivity contribution in [2.24, 2.45) is 5.41 Å². The number of aromatic nitrogens is 1. The smallest absolute Gasteiger partial charge is 0.412 e. The van der Waals surface area contributed by atoms with Crippen molar-refractivity contribution in [3.05, 3.63) is 89.9 Å². The molecular weight excluding hydrogens is 535 g/mol. The minimum Gasteiger partial charge on any atom is -0.444 e. The summed E-state index contributed by atoms with van der Waals surface area (Å²) in [6.45, 7) is 11.5. The average molecular weight is 573 g/mol. The van der Waals surface area contributed by atoms with E-state index in [9.17, 15) is 18.8 Å². The average Bonchev–Trinajstić information content (AvgIpc) is 3.22. The third-order valence-electron chi connectivity index (χ3n) is 6.18. The summed E-state index contributed by atoms with van der Waals surface area (Å²) in [6.07, 6.45) is -0.218. The monoisotopic (exact) mass is 572 g/mol. The van der Waals surface area contributed by atoms with E-state index in [0.29, 0.717) is 40.3 Å². The molecule has 3 aromatic carbocycles. The third kappa shape index (κ3) is 8.19. The fourth-order valence-corrected chi connectivity index (χ4v) is 4.44. The van der Waals surface area contributed by atoms with Gasteiger partial charge in [-0.1, -0.05) is 39.0 Å². The fourth-order valence-electron chi connectivity index (χ4n) is 4.44. The van der Waals surface area contributed by atoms with E-state index in [4.69, 9.17) is 4.74 Å². The molecule has 0 bridgehead atoms. The van der Waals surface area contributed by atoms with Crippen LogP contribution in [0.5, 0.6) is 0 Å². The second-order valence-corrected chi connectivity index (χ2v) is 12.4. The van der Waals surface area contributed by atoms with Crippen LogP contribution < -0.4 is 16.0 Å². The van der Waals surface area contributed by atoms with Crippen LogP contribution in [0.4, 0.5) is 26.2 Å². The maximum atomic E-state index is 14.6. The van der Waals surface area contributed by atoms with Crippen molar-refractivity contribution >= 4 is 45.9 Å². The minimum atomic E-state index is -0.627. The number of fused-ring (bicyclic) bond motifs is 1. The van der Waals surface area contributed by atoms with Gasteiger partial charge in [0.1, 0.15) is 17.1 Å². The van der Waals surface area contributed by atoms with Crippen molar-refractivity contribution in [1.29, 1.82) is 0 Å². The van der Waals surface area contributed by atoms with Crippen LogP contribution in [0.3, 0.4) is 0 Å². The largest absolute Gasteiger partial charge is 0.444 e. The first kappa shape index (κ1) is 30.3. The van der Waals surface area contributed by atoms with Crippen molar-refractivity contribution in [2.45, 2.75) is 60.1 Å². The van der Waals surface area contributed by atoms with E-state index < -0.39 is 17.6 Å². The molecule has 0 fully saturated rings. The summed E-state index contributed by atoms with van der Waals surface area (Å²) in [7, 11) is 0. The normalized spacial score (nSPS) is 11.7. The second-order valence-electron chi connectivity index (χ2n) is 12.4. The molecule has 0 saturated heterocycles. The number of rotatable bonds is 7. The first-order chi connectivity index (χ1) is 19.7. The van der Waals surface area contributed by atoms with Gasteiger partial charge in [-0.2, -0.15) is 0 Å². The van der Waals surface area contributed by atoms with Gasteiger partial charge in [0, 0.05) is 39.9 Å². The number of hydrogen-bond acceptors (Lipinski definition) is 4. The predicted octanol–water partition coefficient (Wildman–Crippen LogP) is 7.80. The quantitative estimate of drug-likeness (QED) is 0.210. The number of benzene rings is 3. The molecule has 0 aliphatic carbocycles. The van der Waals surface area contributed by atoms with Gasteiger partial charge in [-0.3, -0.25) is 14.9 Å². The molecule has 9 heteroatoms. The van der Waals surface area contributed by atoms with Gasteiger partial charge in [0.2, 0.25) is 5.91 Å². The number of ether oxygens (including phenoxy) is 1. The van der Waals surface area contributed by atoms with Crippen LogP contribution in [0.2, 0.25) is 0 Å². The number of anilines is 3. The molecule has 0 aliphatic heterocycles. The Kier molecular flexibility index (Phi) is 8.70. The molecule has 8 nitrogen and oxygen atoms in total. The number of hydrogen-bond donors (Lipinski definition) is 3.